The molecule has 0 aliphatic rings. The van der Waals surface area contributed by atoms with E-state index in [-0.39, 0.29) is 12.5 Å². The molecule has 2 N–H and O–H groups in total. The number of aryl methyl sites for hydroxylation is 2. The number of nitrogens with one attached hydrogen (secondary N) is 2. The van der Waals surface area contributed by atoms with Crippen molar-refractivity contribution in [2.75, 3.05) is 6.61 Å². The molecule has 2 amide bonds. The van der Waals surface area contributed by atoms with Gasteiger partial charge in [0.2, 0.25) is 5.91 Å². The van der Waals surface area contributed by atoms with Crippen molar-refractivity contribution in [1.29, 1.82) is 0 Å². The van der Waals surface area contributed by atoms with E-state index in [0.29, 0.717) is 24.5 Å². The van der Waals surface area contributed by atoms with Crippen molar-refractivity contribution in [2.24, 2.45) is 0 Å². The average molecular weight is 354 g/mol. The van der Waals surface area contributed by atoms with Gasteiger partial charge >= 0.3 is 0 Å². The predicted molar refractivity (Wildman–Crippen MR) is 102 cm³/mol. The van der Waals surface area contributed by atoms with Crippen LogP contribution in [-0.4, -0.2) is 18.4 Å². The molecule has 2 aromatic rings. The molecule has 0 unspecified atom stereocenters. The van der Waals surface area contributed by atoms with Gasteiger partial charge in [-0.15, -0.1) is 0 Å². The molecular formula is C21H26N2O3. The second-order valence-corrected chi connectivity index (χ2v) is 6.57. The van der Waals surface area contributed by atoms with Crippen LogP contribution in [0.5, 0.6) is 5.75 Å². The van der Waals surface area contributed by atoms with Gasteiger partial charge in [0, 0.05) is 6.42 Å². The third-order valence-corrected chi connectivity index (χ3v) is 3.97. The number of amides is 2. The number of hydrogen-bond acceptors (Lipinski definition) is 3. The Hall–Kier alpha value is -2.82. The Kier molecular flexibility index (Phi) is 7.21. The van der Waals surface area contributed by atoms with Crippen molar-refractivity contribution in [3.8, 4) is 5.75 Å². The van der Waals surface area contributed by atoms with Crippen LogP contribution in [0.25, 0.3) is 0 Å². The highest BCUT2D eigenvalue weighted by atomic mass is 16.5. The van der Waals surface area contributed by atoms with E-state index in [1.165, 1.54) is 0 Å². The van der Waals surface area contributed by atoms with Gasteiger partial charge in [-0.05, 0) is 42.0 Å². The molecule has 0 atom stereocenters. The molecular weight excluding hydrogens is 328 g/mol. The van der Waals surface area contributed by atoms with Crippen LogP contribution in [0, 0.1) is 6.92 Å². The summed E-state index contributed by atoms with van der Waals surface area (Å²) in [4.78, 5) is 23.7. The van der Waals surface area contributed by atoms with E-state index in [4.69, 9.17) is 4.74 Å². The van der Waals surface area contributed by atoms with E-state index in [1.807, 2.05) is 55.5 Å². The molecule has 5 nitrogen and oxygen atoms in total. The maximum Gasteiger partial charge on any atom is 0.276 e. The topological polar surface area (TPSA) is 67.4 Å². The van der Waals surface area contributed by atoms with Gasteiger partial charge in [-0.25, -0.2) is 0 Å². The molecule has 0 saturated heterocycles. The minimum absolute atomic E-state index is 0.151. The summed E-state index contributed by atoms with van der Waals surface area (Å²) in [5, 5.41) is 0. The van der Waals surface area contributed by atoms with Gasteiger partial charge < -0.3 is 4.74 Å². The summed E-state index contributed by atoms with van der Waals surface area (Å²) < 4.78 is 5.64. The summed E-state index contributed by atoms with van der Waals surface area (Å²) in [5.74, 6) is 0.367. The zero-order chi connectivity index (χ0) is 18.9. The van der Waals surface area contributed by atoms with Gasteiger partial charge in [-0.1, -0.05) is 56.3 Å². The van der Waals surface area contributed by atoms with Crippen molar-refractivity contribution in [2.45, 2.75) is 39.5 Å². The molecule has 26 heavy (non-hydrogen) atoms. The number of carbonyl (C=O) groups is 2. The van der Waals surface area contributed by atoms with Crippen LogP contribution in [0.2, 0.25) is 0 Å². The Morgan fingerprint density at radius 3 is 2.38 bits per heavy atom. The molecule has 0 aromatic heterocycles. The molecule has 0 aliphatic heterocycles. The molecule has 0 bridgehead atoms. The number of carbonyl (C=O) groups excluding carboxylic acids is 2. The third kappa shape index (κ3) is 6.24. The van der Waals surface area contributed by atoms with E-state index >= 15 is 0 Å². The summed E-state index contributed by atoms with van der Waals surface area (Å²) in [6, 6.07) is 15.7. The molecule has 0 fully saturated rings. The van der Waals surface area contributed by atoms with Crippen molar-refractivity contribution in [1.82, 2.24) is 10.9 Å². The SMILES string of the molecule is Cc1ccc(C(C)C)c(OCC(=O)NNC(=O)CCc2ccccc2)c1. The Morgan fingerprint density at radius 2 is 1.69 bits per heavy atom. The number of hydrazine groups is 1. The average Bonchev–Trinajstić information content (AvgIpc) is 2.63. The largest absolute Gasteiger partial charge is 0.483 e. The van der Waals surface area contributed by atoms with Crippen molar-refractivity contribution in [3.05, 3.63) is 65.2 Å². The van der Waals surface area contributed by atoms with Gasteiger partial charge in [0.05, 0.1) is 0 Å². The second-order valence-electron chi connectivity index (χ2n) is 6.57. The lowest BCUT2D eigenvalue weighted by Gasteiger charge is -2.15. The first kappa shape index (κ1) is 19.5. The molecule has 2 aromatic carbocycles. The summed E-state index contributed by atoms with van der Waals surface area (Å²) in [5.41, 5.74) is 8.01. The van der Waals surface area contributed by atoms with E-state index in [0.717, 1.165) is 16.7 Å². The van der Waals surface area contributed by atoms with Crippen molar-refractivity contribution >= 4 is 11.8 Å². The molecule has 0 spiro atoms. The van der Waals surface area contributed by atoms with Crippen LogP contribution in [-0.2, 0) is 16.0 Å². The van der Waals surface area contributed by atoms with Gasteiger partial charge in [-0.2, -0.15) is 0 Å². The minimum Gasteiger partial charge on any atom is -0.483 e. The highest BCUT2D eigenvalue weighted by Gasteiger charge is 2.11. The normalized spacial score (nSPS) is 10.5. The molecule has 2 rings (SSSR count). The zero-order valence-corrected chi connectivity index (χ0v) is 15.5. The van der Waals surface area contributed by atoms with Gasteiger partial charge in [-0.3, -0.25) is 20.4 Å². The van der Waals surface area contributed by atoms with Gasteiger partial charge in [0.1, 0.15) is 5.75 Å². The molecule has 0 aliphatic carbocycles. The van der Waals surface area contributed by atoms with E-state index in [1.54, 1.807) is 0 Å². The number of benzene rings is 2. The number of ether oxygens (including phenoxy) is 1. The lowest BCUT2D eigenvalue weighted by molar-refractivity contribution is -0.130. The Bertz CT molecular complexity index is 742. The smallest absolute Gasteiger partial charge is 0.276 e. The summed E-state index contributed by atoms with van der Waals surface area (Å²) in [7, 11) is 0. The van der Waals surface area contributed by atoms with Gasteiger partial charge in [0.15, 0.2) is 6.61 Å². The number of hydrogen-bond donors (Lipinski definition) is 2. The molecule has 0 radical (unpaired) electrons. The van der Waals surface area contributed by atoms with E-state index < -0.39 is 5.91 Å². The predicted octanol–water partition coefficient (Wildman–Crippen LogP) is 3.28. The van der Waals surface area contributed by atoms with E-state index in [9.17, 15) is 9.59 Å². The number of rotatable bonds is 7. The zero-order valence-electron chi connectivity index (χ0n) is 15.5. The molecule has 138 valence electrons. The molecule has 5 heteroatoms. The van der Waals surface area contributed by atoms with E-state index in [2.05, 4.69) is 24.7 Å². The lowest BCUT2D eigenvalue weighted by Crippen LogP contribution is -2.43. The highest BCUT2D eigenvalue weighted by molar-refractivity contribution is 5.82. The Balaban J connectivity index is 1.75. The monoisotopic (exact) mass is 354 g/mol. The quantitative estimate of drug-likeness (QED) is 0.750. The minimum atomic E-state index is -0.394. The highest BCUT2D eigenvalue weighted by Crippen LogP contribution is 2.27. The molecule has 0 heterocycles. The fraction of sp³-hybridized carbons (Fsp3) is 0.333. The van der Waals surface area contributed by atoms with Gasteiger partial charge in [0.25, 0.3) is 5.91 Å². The Labute approximate surface area is 154 Å². The Morgan fingerprint density at radius 1 is 1.00 bits per heavy atom. The third-order valence-electron chi connectivity index (χ3n) is 3.97. The van der Waals surface area contributed by atoms with Crippen LogP contribution in [0.4, 0.5) is 0 Å². The summed E-state index contributed by atoms with van der Waals surface area (Å²) in [6.45, 7) is 5.97. The summed E-state index contributed by atoms with van der Waals surface area (Å²) >= 11 is 0. The van der Waals surface area contributed by atoms with Crippen molar-refractivity contribution < 1.29 is 14.3 Å². The lowest BCUT2D eigenvalue weighted by atomic mass is 10.0. The fourth-order valence-corrected chi connectivity index (χ4v) is 2.53. The fourth-order valence-electron chi connectivity index (χ4n) is 2.53. The standard InChI is InChI=1S/C21H26N2O3/c1-15(2)18-11-9-16(3)13-19(18)26-14-21(25)23-22-20(24)12-10-17-7-5-4-6-8-17/h4-9,11,13,15H,10,12,14H2,1-3H3,(H,22,24)(H,23,25). The van der Waals surface area contributed by atoms with Crippen LogP contribution in [0.15, 0.2) is 48.5 Å². The maximum atomic E-state index is 11.9. The summed E-state index contributed by atoms with van der Waals surface area (Å²) in [6.07, 6.45) is 0.931. The first-order valence-corrected chi connectivity index (χ1v) is 8.80. The van der Waals surface area contributed by atoms with Crippen LogP contribution in [0.3, 0.4) is 0 Å². The first-order chi connectivity index (χ1) is 12.5. The van der Waals surface area contributed by atoms with Crippen LogP contribution in [0.1, 0.15) is 42.9 Å². The second kappa shape index (κ2) is 9.61. The van der Waals surface area contributed by atoms with Crippen molar-refractivity contribution in [3.63, 3.8) is 0 Å². The van der Waals surface area contributed by atoms with Crippen LogP contribution >= 0.6 is 0 Å². The first-order valence-electron chi connectivity index (χ1n) is 8.80. The maximum absolute atomic E-state index is 11.9. The molecule has 0 saturated carbocycles. The van der Waals surface area contributed by atoms with Crippen LogP contribution < -0.4 is 15.6 Å².